The molecule has 0 saturated heterocycles. The molecule has 0 fully saturated rings. The van der Waals surface area contributed by atoms with Gasteiger partial charge in [0.1, 0.15) is 0 Å². The van der Waals surface area contributed by atoms with Crippen molar-refractivity contribution in [1.82, 2.24) is 0 Å². The number of hydrogen-bond acceptors (Lipinski definition) is 4. The van der Waals surface area contributed by atoms with Crippen LogP contribution in [0.1, 0.15) is 5.56 Å². The summed E-state index contributed by atoms with van der Waals surface area (Å²) >= 11 is 17.6. The lowest BCUT2D eigenvalue weighted by atomic mass is 10.2. The highest BCUT2D eigenvalue weighted by atomic mass is 35.5. The fraction of sp³-hybridized carbons (Fsp3) is 0.0769. The summed E-state index contributed by atoms with van der Waals surface area (Å²) in [4.78, 5) is -1.43. The Morgan fingerprint density at radius 3 is 1.36 bits per heavy atom. The first-order valence-electron chi connectivity index (χ1n) is 5.86. The number of sulfone groups is 2. The van der Waals surface area contributed by atoms with Crippen LogP contribution in [0.4, 0.5) is 0 Å². The van der Waals surface area contributed by atoms with E-state index in [2.05, 4.69) is 0 Å². The van der Waals surface area contributed by atoms with Gasteiger partial charge in [0.15, 0.2) is 0 Å². The molecule has 0 aliphatic carbocycles. The first-order valence-corrected chi connectivity index (χ1v) is 9.96. The van der Waals surface area contributed by atoms with Crippen molar-refractivity contribution < 1.29 is 16.8 Å². The van der Waals surface area contributed by atoms with Crippen LogP contribution < -0.4 is 0 Å². The van der Waals surface area contributed by atoms with E-state index in [-0.39, 0.29) is 29.8 Å². The number of halogens is 3. The molecule has 2 aromatic rings. The van der Waals surface area contributed by atoms with E-state index in [1.165, 1.54) is 6.07 Å². The van der Waals surface area contributed by atoms with Gasteiger partial charge in [0, 0.05) is 5.02 Å². The normalized spacial score (nSPS) is 17.6. The molecule has 0 spiro atoms. The lowest BCUT2D eigenvalue weighted by Crippen LogP contribution is -2.20. The van der Waals surface area contributed by atoms with Gasteiger partial charge in [-0.3, -0.25) is 0 Å². The van der Waals surface area contributed by atoms with E-state index >= 15 is 0 Å². The average molecular weight is 398 g/mol. The maximum Gasteiger partial charge on any atom is 0.209 e. The minimum atomic E-state index is -4.06. The predicted octanol–water partition coefficient (Wildman–Crippen LogP) is 3.93. The van der Waals surface area contributed by atoms with Crippen LogP contribution in [0.2, 0.25) is 15.1 Å². The Morgan fingerprint density at radius 2 is 0.955 bits per heavy atom. The molecule has 9 heteroatoms. The number of rotatable bonds is 0. The summed E-state index contributed by atoms with van der Waals surface area (Å²) in [5.41, 5.74) is 0.461. The van der Waals surface area contributed by atoms with Crippen LogP contribution in [-0.4, -0.2) is 16.8 Å². The standard InChI is InChI=1S/C13H7Cl3O4S2/c1-6-2-10-11(3-7(6)14)22(19,20)13-5-9(16)8(15)4-12(13)21(10,17)18/h2-5H,1H3. The number of aryl methyl sites for hydroxylation is 1. The second kappa shape index (κ2) is 4.85. The number of hydrogen-bond donors (Lipinski definition) is 0. The minimum absolute atomic E-state index is 0.0340. The first kappa shape index (κ1) is 16.1. The first-order chi connectivity index (χ1) is 10.1. The Balaban J connectivity index is 2.55. The highest BCUT2D eigenvalue weighted by molar-refractivity contribution is 7.97. The van der Waals surface area contributed by atoms with Crippen LogP contribution in [-0.2, 0) is 19.7 Å². The largest absolute Gasteiger partial charge is 0.218 e. The molecule has 1 aliphatic rings. The van der Waals surface area contributed by atoms with Crippen molar-refractivity contribution in [3.05, 3.63) is 44.9 Å². The zero-order valence-electron chi connectivity index (χ0n) is 10.9. The molecule has 0 bridgehead atoms. The molecule has 2 aromatic carbocycles. The van der Waals surface area contributed by atoms with Gasteiger partial charge in [0.05, 0.1) is 29.6 Å². The highest BCUT2D eigenvalue weighted by Gasteiger charge is 2.40. The monoisotopic (exact) mass is 396 g/mol. The quantitative estimate of drug-likeness (QED) is 0.576. The summed E-state index contributed by atoms with van der Waals surface area (Å²) in [5.74, 6) is 0. The molecule has 0 saturated carbocycles. The van der Waals surface area contributed by atoms with Gasteiger partial charge in [0.2, 0.25) is 19.7 Å². The maximum absolute atomic E-state index is 12.7. The summed E-state index contributed by atoms with van der Waals surface area (Å²) < 4.78 is 50.8. The Hall–Kier alpha value is -0.790. The van der Waals surface area contributed by atoms with Crippen LogP contribution in [0.25, 0.3) is 0 Å². The van der Waals surface area contributed by atoms with Crippen LogP contribution in [0.15, 0.2) is 43.8 Å². The van der Waals surface area contributed by atoms with Gasteiger partial charge in [-0.05, 0) is 36.8 Å². The van der Waals surface area contributed by atoms with Crippen molar-refractivity contribution in [1.29, 1.82) is 0 Å². The van der Waals surface area contributed by atoms with Crippen LogP contribution >= 0.6 is 34.8 Å². The van der Waals surface area contributed by atoms with Crippen molar-refractivity contribution in [2.45, 2.75) is 26.5 Å². The Kier molecular flexibility index (Phi) is 3.55. The average Bonchev–Trinajstić information content (AvgIpc) is 2.42. The highest BCUT2D eigenvalue weighted by Crippen LogP contribution is 2.44. The zero-order chi connectivity index (χ0) is 16.4. The van der Waals surface area contributed by atoms with E-state index in [0.29, 0.717) is 5.56 Å². The predicted molar refractivity (Wildman–Crippen MR) is 83.6 cm³/mol. The van der Waals surface area contributed by atoms with E-state index in [1.807, 2.05) is 0 Å². The van der Waals surface area contributed by atoms with Gasteiger partial charge in [-0.25, -0.2) is 16.8 Å². The molecule has 22 heavy (non-hydrogen) atoms. The lowest BCUT2D eigenvalue weighted by molar-refractivity contribution is 0.570. The van der Waals surface area contributed by atoms with Crippen molar-refractivity contribution in [2.75, 3.05) is 0 Å². The zero-order valence-corrected chi connectivity index (χ0v) is 14.8. The van der Waals surface area contributed by atoms with Gasteiger partial charge < -0.3 is 0 Å². The van der Waals surface area contributed by atoms with E-state index in [4.69, 9.17) is 34.8 Å². The third-order valence-corrected chi connectivity index (χ3v) is 8.42. The SMILES string of the molecule is Cc1cc2c(cc1Cl)S(=O)(=O)c1cc(Cl)c(Cl)cc1S2(=O)=O. The smallest absolute Gasteiger partial charge is 0.209 e. The third kappa shape index (κ3) is 2.09. The third-order valence-electron chi connectivity index (χ3n) is 3.37. The maximum atomic E-state index is 12.7. The molecule has 0 N–H and O–H groups in total. The van der Waals surface area contributed by atoms with E-state index in [0.717, 1.165) is 18.2 Å². The minimum Gasteiger partial charge on any atom is -0.218 e. The van der Waals surface area contributed by atoms with E-state index < -0.39 is 24.6 Å². The molecular weight excluding hydrogens is 391 g/mol. The molecule has 1 heterocycles. The van der Waals surface area contributed by atoms with E-state index in [1.54, 1.807) is 6.92 Å². The van der Waals surface area contributed by atoms with Gasteiger partial charge in [-0.1, -0.05) is 34.8 Å². The molecule has 4 nitrogen and oxygen atoms in total. The van der Waals surface area contributed by atoms with Crippen LogP contribution in [0.3, 0.4) is 0 Å². The fourth-order valence-electron chi connectivity index (χ4n) is 2.22. The second-order valence-corrected chi connectivity index (χ2v) is 9.76. The molecule has 1 aliphatic heterocycles. The van der Waals surface area contributed by atoms with Gasteiger partial charge in [-0.2, -0.15) is 0 Å². The second-order valence-electron chi connectivity index (χ2n) is 4.77. The van der Waals surface area contributed by atoms with Crippen molar-refractivity contribution >= 4 is 54.5 Å². The number of fused-ring (bicyclic) bond motifs is 2. The molecule has 0 radical (unpaired) electrons. The summed E-state index contributed by atoms with van der Waals surface area (Å²) in [6, 6.07) is 4.49. The van der Waals surface area contributed by atoms with Gasteiger partial charge in [-0.15, -0.1) is 0 Å². The summed E-state index contributed by atoms with van der Waals surface area (Å²) in [7, 11) is -8.09. The summed E-state index contributed by atoms with van der Waals surface area (Å²) in [6.45, 7) is 1.59. The molecule has 0 aromatic heterocycles. The Bertz CT molecular complexity index is 886. The molecule has 3 rings (SSSR count). The topological polar surface area (TPSA) is 68.3 Å². The number of benzene rings is 2. The summed E-state index contributed by atoms with van der Waals surface area (Å²) in [6.07, 6.45) is 0. The lowest BCUT2D eigenvalue weighted by Gasteiger charge is -2.21. The Morgan fingerprint density at radius 1 is 0.636 bits per heavy atom. The molecule has 116 valence electrons. The van der Waals surface area contributed by atoms with Crippen molar-refractivity contribution in [3.8, 4) is 0 Å². The van der Waals surface area contributed by atoms with Crippen molar-refractivity contribution in [2.24, 2.45) is 0 Å². The Labute approximate surface area is 142 Å². The molecular formula is C13H7Cl3O4S2. The van der Waals surface area contributed by atoms with Gasteiger partial charge >= 0.3 is 0 Å². The molecule has 0 atom stereocenters. The molecule has 0 amide bonds. The molecule has 0 unspecified atom stereocenters. The van der Waals surface area contributed by atoms with Crippen molar-refractivity contribution in [3.63, 3.8) is 0 Å². The van der Waals surface area contributed by atoms with Crippen LogP contribution in [0, 0.1) is 6.92 Å². The van der Waals surface area contributed by atoms with E-state index in [9.17, 15) is 16.8 Å². The fourth-order valence-corrected chi connectivity index (χ4v) is 7.15. The summed E-state index contributed by atoms with van der Waals surface area (Å²) in [5, 5.41) is 0.0928. The van der Waals surface area contributed by atoms with Gasteiger partial charge in [0.25, 0.3) is 0 Å². The van der Waals surface area contributed by atoms with Crippen LogP contribution in [0.5, 0.6) is 0 Å².